The summed E-state index contributed by atoms with van der Waals surface area (Å²) in [5, 5.41) is 3.19. The van der Waals surface area contributed by atoms with Gasteiger partial charge in [0.05, 0.1) is 6.10 Å². The Morgan fingerprint density at radius 2 is 2.19 bits per heavy atom. The predicted molar refractivity (Wildman–Crippen MR) is 108 cm³/mol. The molecule has 2 aromatic heterocycles. The average molecular weight is 375 g/mol. The molecular weight excluding hydrogens is 340 g/mol. The fourth-order valence-corrected chi connectivity index (χ4v) is 4.09. The summed E-state index contributed by atoms with van der Waals surface area (Å²) in [5.74, 6) is 0.377. The summed E-state index contributed by atoms with van der Waals surface area (Å²) >= 11 is 0. The van der Waals surface area contributed by atoms with Gasteiger partial charge in [0.1, 0.15) is 6.33 Å². The lowest BCUT2D eigenvalue weighted by molar-refractivity contribution is -0.0194. The second kappa shape index (κ2) is 8.83. The molecule has 1 N–H and O–H groups in total. The summed E-state index contributed by atoms with van der Waals surface area (Å²) in [6, 6.07) is 2.17. The van der Waals surface area contributed by atoms with Crippen LogP contribution in [0, 0.1) is 19.8 Å². The minimum absolute atomic E-state index is 0. The Hall–Kier alpha value is -1.95. The van der Waals surface area contributed by atoms with Crippen LogP contribution < -0.4 is 5.32 Å². The Balaban J connectivity index is 0.00000280. The van der Waals surface area contributed by atoms with E-state index in [1.54, 1.807) is 6.33 Å². The number of ether oxygens (including phenoxy) is 1. The SMILES string of the molecule is CCCCO[C@H]1CC[C@@H](NC(=O)c2ncn3c(C)cc(C)nc23)C[C@@H]1CC.[HH]. The van der Waals surface area contributed by atoms with Gasteiger partial charge in [0.15, 0.2) is 11.3 Å². The summed E-state index contributed by atoms with van der Waals surface area (Å²) in [6.07, 6.45) is 8.30. The van der Waals surface area contributed by atoms with E-state index in [4.69, 9.17) is 4.74 Å². The summed E-state index contributed by atoms with van der Waals surface area (Å²) in [6.45, 7) is 9.18. The van der Waals surface area contributed by atoms with Gasteiger partial charge >= 0.3 is 0 Å². The van der Waals surface area contributed by atoms with Gasteiger partial charge in [0.25, 0.3) is 5.91 Å². The summed E-state index contributed by atoms with van der Waals surface area (Å²) in [5.41, 5.74) is 2.97. The number of fused-ring (bicyclic) bond motifs is 1. The number of hydrogen-bond acceptors (Lipinski definition) is 4. The maximum absolute atomic E-state index is 12.8. The molecule has 3 atom stereocenters. The van der Waals surface area contributed by atoms with E-state index in [0.29, 0.717) is 23.4 Å². The van der Waals surface area contributed by atoms with Crippen molar-refractivity contribution in [2.24, 2.45) is 5.92 Å². The molecule has 1 amide bonds. The number of carbonyl (C=O) groups is 1. The number of rotatable bonds is 7. The Morgan fingerprint density at radius 3 is 2.93 bits per heavy atom. The molecule has 1 saturated carbocycles. The lowest BCUT2D eigenvalue weighted by atomic mass is 9.81. The number of aromatic nitrogens is 3. The van der Waals surface area contributed by atoms with Gasteiger partial charge in [-0.2, -0.15) is 0 Å². The molecule has 6 heteroatoms. The number of carbonyl (C=O) groups excluding carboxylic acids is 1. The van der Waals surface area contributed by atoms with E-state index < -0.39 is 0 Å². The first kappa shape index (κ1) is 19.8. The lowest BCUT2D eigenvalue weighted by Gasteiger charge is -2.36. The molecule has 150 valence electrons. The van der Waals surface area contributed by atoms with Gasteiger partial charge in [0.2, 0.25) is 0 Å². The highest BCUT2D eigenvalue weighted by Crippen LogP contribution is 2.30. The monoisotopic (exact) mass is 374 g/mol. The number of aryl methyl sites for hydroxylation is 2. The van der Waals surface area contributed by atoms with Crippen molar-refractivity contribution in [3.05, 3.63) is 29.5 Å². The third kappa shape index (κ3) is 4.49. The van der Waals surface area contributed by atoms with Crippen LogP contribution in [-0.2, 0) is 4.74 Å². The minimum Gasteiger partial charge on any atom is -0.378 e. The molecule has 0 bridgehead atoms. The molecule has 6 nitrogen and oxygen atoms in total. The van der Waals surface area contributed by atoms with Gasteiger partial charge in [0, 0.05) is 25.5 Å². The molecule has 2 heterocycles. The van der Waals surface area contributed by atoms with Gasteiger partial charge in [-0.05, 0) is 51.5 Å². The maximum Gasteiger partial charge on any atom is 0.274 e. The molecule has 0 saturated heterocycles. The van der Waals surface area contributed by atoms with Crippen LogP contribution in [0.2, 0.25) is 0 Å². The zero-order valence-electron chi connectivity index (χ0n) is 17.0. The molecule has 3 rings (SSSR count). The van der Waals surface area contributed by atoms with Gasteiger partial charge in [-0.25, -0.2) is 9.97 Å². The molecule has 0 unspecified atom stereocenters. The van der Waals surface area contributed by atoms with Gasteiger partial charge in [-0.3, -0.25) is 9.20 Å². The largest absolute Gasteiger partial charge is 0.378 e. The number of nitrogens with one attached hydrogen (secondary N) is 1. The van der Waals surface area contributed by atoms with Crippen LogP contribution in [0.4, 0.5) is 0 Å². The van der Waals surface area contributed by atoms with Crippen molar-refractivity contribution in [3.8, 4) is 0 Å². The highest BCUT2D eigenvalue weighted by atomic mass is 16.5. The van der Waals surface area contributed by atoms with Gasteiger partial charge in [-0.15, -0.1) is 0 Å². The van der Waals surface area contributed by atoms with Crippen molar-refractivity contribution in [3.63, 3.8) is 0 Å². The van der Waals surface area contributed by atoms with E-state index in [1.807, 2.05) is 24.3 Å². The van der Waals surface area contributed by atoms with Crippen LogP contribution in [0.1, 0.15) is 75.7 Å². The predicted octanol–water partition coefficient (Wildman–Crippen LogP) is 4.09. The number of nitrogens with zero attached hydrogens (tertiary/aromatic N) is 3. The molecule has 0 radical (unpaired) electrons. The number of imidazole rings is 1. The maximum atomic E-state index is 12.8. The van der Waals surface area contributed by atoms with Crippen LogP contribution in [0.15, 0.2) is 12.4 Å². The Kier molecular flexibility index (Phi) is 6.47. The second-order valence-electron chi connectivity index (χ2n) is 7.74. The molecule has 1 fully saturated rings. The van der Waals surface area contributed by atoms with Crippen LogP contribution >= 0.6 is 0 Å². The third-order valence-electron chi connectivity index (χ3n) is 5.64. The molecule has 1 aliphatic carbocycles. The number of hydrogen-bond donors (Lipinski definition) is 1. The standard InChI is InChI=1S/C21H32N4O2.H2/c1-5-7-10-27-18-9-8-17(12-16(18)6-2)24-21(26)19-20-23-14(3)11-15(4)25(20)13-22-19;/h11,13,16-18H,5-10,12H2,1-4H3,(H,24,26);1H/t16-,17+,18-;/m0./s1. The van der Waals surface area contributed by atoms with E-state index in [0.717, 1.165) is 56.5 Å². The second-order valence-corrected chi connectivity index (χ2v) is 7.74. The molecule has 27 heavy (non-hydrogen) atoms. The minimum atomic E-state index is -0.125. The van der Waals surface area contributed by atoms with Gasteiger partial charge < -0.3 is 10.1 Å². The van der Waals surface area contributed by atoms with E-state index >= 15 is 0 Å². The van der Waals surface area contributed by atoms with E-state index in [1.165, 1.54) is 0 Å². The number of unbranched alkanes of at least 4 members (excludes halogenated alkanes) is 1. The summed E-state index contributed by atoms with van der Waals surface area (Å²) < 4.78 is 7.97. The molecule has 0 spiro atoms. The van der Waals surface area contributed by atoms with Crippen molar-refractivity contribution >= 4 is 11.6 Å². The van der Waals surface area contributed by atoms with E-state index in [9.17, 15) is 4.79 Å². The van der Waals surface area contributed by atoms with Crippen molar-refractivity contribution in [2.45, 2.75) is 78.4 Å². The van der Waals surface area contributed by atoms with Crippen LogP contribution in [0.5, 0.6) is 0 Å². The van der Waals surface area contributed by atoms with E-state index in [2.05, 4.69) is 29.1 Å². The van der Waals surface area contributed by atoms with Crippen LogP contribution in [0.3, 0.4) is 0 Å². The summed E-state index contributed by atoms with van der Waals surface area (Å²) in [4.78, 5) is 21.7. The summed E-state index contributed by atoms with van der Waals surface area (Å²) in [7, 11) is 0. The molecule has 0 aromatic carbocycles. The normalized spacial score (nSPS) is 22.9. The van der Waals surface area contributed by atoms with Crippen molar-refractivity contribution in [1.82, 2.24) is 19.7 Å². The first-order chi connectivity index (χ1) is 13.0. The van der Waals surface area contributed by atoms with Crippen molar-refractivity contribution < 1.29 is 11.0 Å². The van der Waals surface area contributed by atoms with Crippen LogP contribution in [0.25, 0.3) is 5.65 Å². The number of amides is 1. The zero-order valence-corrected chi connectivity index (χ0v) is 17.0. The quantitative estimate of drug-likeness (QED) is 0.741. The molecule has 1 aliphatic rings. The average Bonchev–Trinajstić information content (AvgIpc) is 3.07. The first-order valence-corrected chi connectivity index (χ1v) is 10.3. The molecule has 2 aromatic rings. The zero-order chi connectivity index (χ0) is 19.4. The highest BCUT2D eigenvalue weighted by molar-refractivity contribution is 5.98. The third-order valence-corrected chi connectivity index (χ3v) is 5.64. The Morgan fingerprint density at radius 1 is 1.37 bits per heavy atom. The fourth-order valence-electron chi connectivity index (χ4n) is 4.09. The smallest absolute Gasteiger partial charge is 0.274 e. The molecular formula is C21H34N4O2. The van der Waals surface area contributed by atoms with Gasteiger partial charge in [-0.1, -0.05) is 26.7 Å². The highest BCUT2D eigenvalue weighted by Gasteiger charge is 2.31. The lowest BCUT2D eigenvalue weighted by Crippen LogP contribution is -2.43. The Bertz CT molecular complexity index is 792. The fraction of sp³-hybridized carbons (Fsp3) is 0.667. The Labute approximate surface area is 163 Å². The van der Waals surface area contributed by atoms with Crippen LogP contribution in [-0.4, -0.2) is 39.0 Å². The topological polar surface area (TPSA) is 68.5 Å². The van der Waals surface area contributed by atoms with Crippen molar-refractivity contribution in [1.29, 1.82) is 0 Å². The van der Waals surface area contributed by atoms with E-state index in [-0.39, 0.29) is 13.4 Å². The first-order valence-electron chi connectivity index (χ1n) is 10.3. The molecule has 0 aliphatic heterocycles. The van der Waals surface area contributed by atoms with Crippen molar-refractivity contribution in [2.75, 3.05) is 6.61 Å².